The summed E-state index contributed by atoms with van der Waals surface area (Å²) in [5, 5.41) is 0. The summed E-state index contributed by atoms with van der Waals surface area (Å²) >= 11 is 0. The van der Waals surface area contributed by atoms with Crippen molar-refractivity contribution < 1.29 is 9.53 Å². The molecule has 0 aliphatic rings. The van der Waals surface area contributed by atoms with Gasteiger partial charge in [-0.1, -0.05) is 25.1 Å². The van der Waals surface area contributed by atoms with Crippen LogP contribution < -0.4 is 4.74 Å². The molecule has 0 fully saturated rings. The first kappa shape index (κ1) is 10.5. The molecule has 0 saturated carbocycles. The summed E-state index contributed by atoms with van der Waals surface area (Å²) < 4.78 is 5.09. The highest BCUT2D eigenvalue weighted by Gasteiger charge is 2.07. The third-order valence-electron chi connectivity index (χ3n) is 1.88. The van der Waals surface area contributed by atoms with Gasteiger partial charge in [-0.2, -0.15) is 0 Å². The largest absolute Gasteiger partial charge is 0.496 e. The minimum atomic E-state index is -0.00991. The monoisotopic (exact) mass is 190 g/mol. The second-order valence-electron chi connectivity index (χ2n) is 2.88. The maximum Gasteiger partial charge on any atom is 0.189 e. The van der Waals surface area contributed by atoms with Crippen molar-refractivity contribution in [3.63, 3.8) is 0 Å². The van der Waals surface area contributed by atoms with Crippen LogP contribution in [0.25, 0.3) is 0 Å². The molecule has 0 aliphatic carbocycles. The maximum atomic E-state index is 11.6. The molecule has 0 unspecified atom stereocenters. The Kier molecular flexibility index (Phi) is 3.92. The summed E-state index contributed by atoms with van der Waals surface area (Å²) in [5.74, 6) is 0.613. The Morgan fingerprint density at radius 3 is 2.79 bits per heavy atom. The van der Waals surface area contributed by atoms with Crippen LogP contribution >= 0.6 is 0 Å². The smallest absolute Gasteiger partial charge is 0.189 e. The number of benzene rings is 1. The van der Waals surface area contributed by atoms with Crippen LogP contribution in [0, 0.1) is 0 Å². The molecule has 0 amide bonds. The number of ketones is 1. The number of rotatable bonds is 4. The molecule has 0 bridgehead atoms. The van der Waals surface area contributed by atoms with Gasteiger partial charge in [0, 0.05) is 0 Å². The second kappa shape index (κ2) is 5.22. The van der Waals surface area contributed by atoms with E-state index in [1.54, 1.807) is 25.3 Å². The summed E-state index contributed by atoms with van der Waals surface area (Å²) in [6, 6.07) is 7.23. The van der Waals surface area contributed by atoms with Gasteiger partial charge in [-0.25, -0.2) is 0 Å². The number of allylic oxidation sites excluding steroid dienone is 2. The molecule has 0 heterocycles. The van der Waals surface area contributed by atoms with Crippen LogP contribution in [0.2, 0.25) is 0 Å². The molecular formula is C12H14O2. The summed E-state index contributed by atoms with van der Waals surface area (Å²) in [5.41, 5.74) is 0.611. The van der Waals surface area contributed by atoms with E-state index in [4.69, 9.17) is 4.74 Å². The molecule has 0 spiro atoms. The van der Waals surface area contributed by atoms with E-state index in [9.17, 15) is 4.79 Å². The van der Waals surface area contributed by atoms with Crippen LogP contribution in [0.1, 0.15) is 23.7 Å². The number of carbonyl (C=O) groups is 1. The van der Waals surface area contributed by atoms with Gasteiger partial charge in [0.25, 0.3) is 0 Å². The average molecular weight is 190 g/mol. The van der Waals surface area contributed by atoms with Gasteiger partial charge < -0.3 is 4.74 Å². The van der Waals surface area contributed by atoms with Crippen molar-refractivity contribution in [2.45, 2.75) is 13.3 Å². The number of ether oxygens (including phenoxy) is 1. The number of hydrogen-bond donors (Lipinski definition) is 0. The van der Waals surface area contributed by atoms with Gasteiger partial charge >= 0.3 is 0 Å². The Hall–Kier alpha value is -1.57. The van der Waals surface area contributed by atoms with Gasteiger partial charge in [0.2, 0.25) is 0 Å². The summed E-state index contributed by atoms with van der Waals surface area (Å²) in [6.07, 6.45) is 4.29. The van der Waals surface area contributed by atoms with Crippen LogP contribution in [-0.4, -0.2) is 12.9 Å². The number of methoxy groups -OCH3 is 1. The van der Waals surface area contributed by atoms with Crippen molar-refractivity contribution in [1.82, 2.24) is 0 Å². The van der Waals surface area contributed by atoms with E-state index in [0.29, 0.717) is 11.3 Å². The zero-order chi connectivity index (χ0) is 10.4. The van der Waals surface area contributed by atoms with Crippen molar-refractivity contribution in [3.05, 3.63) is 42.0 Å². The van der Waals surface area contributed by atoms with Gasteiger partial charge in [-0.3, -0.25) is 4.79 Å². The van der Waals surface area contributed by atoms with E-state index in [0.717, 1.165) is 6.42 Å². The third-order valence-corrected chi connectivity index (χ3v) is 1.88. The minimum Gasteiger partial charge on any atom is -0.496 e. The molecule has 1 aromatic rings. The Balaban J connectivity index is 2.94. The zero-order valence-electron chi connectivity index (χ0n) is 8.49. The molecule has 0 radical (unpaired) electrons. The van der Waals surface area contributed by atoms with Crippen molar-refractivity contribution >= 4 is 5.78 Å². The van der Waals surface area contributed by atoms with Gasteiger partial charge in [0.1, 0.15) is 5.75 Å². The van der Waals surface area contributed by atoms with Crippen LogP contribution in [0.3, 0.4) is 0 Å². The summed E-state index contributed by atoms with van der Waals surface area (Å²) in [4.78, 5) is 11.6. The number of carbonyl (C=O) groups excluding carboxylic acids is 1. The van der Waals surface area contributed by atoms with Crippen LogP contribution in [-0.2, 0) is 0 Å². The molecule has 1 aromatic carbocycles. The molecule has 2 nitrogen and oxygen atoms in total. The van der Waals surface area contributed by atoms with Gasteiger partial charge in [-0.15, -0.1) is 0 Å². The van der Waals surface area contributed by atoms with E-state index in [2.05, 4.69) is 0 Å². The minimum absolute atomic E-state index is 0.00991. The number of hydrogen-bond acceptors (Lipinski definition) is 2. The lowest BCUT2D eigenvalue weighted by Gasteiger charge is -2.03. The molecule has 0 atom stereocenters. The van der Waals surface area contributed by atoms with Crippen molar-refractivity contribution in [3.8, 4) is 5.75 Å². The molecule has 0 N–H and O–H groups in total. The van der Waals surface area contributed by atoms with Crippen molar-refractivity contribution in [1.29, 1.82) is 0 Å². The second-order valence-corrected chi connectivity index (χ2v) is 2.88. The molecule has 0 aromatic heterocycles. The van der Waals surface area contributed by atoms with Gasteiger partial charge in [0.05, 0.1) is 12.7 Å². The molecule has 74 valence electrons. The SMILES string of the molecule is CCC=CC(=O)c1ccccc1OC. The molecule has 0 aliphatic heterocycles. The highest BCUT2D eigenvalue weighted by atomic mass is 16.5. The first-order valence-electron chi connectivity index (χ1n) is 4.63. The Morgan fingerprint density at radius 2 is 2.14 bits per heavy atom. The van der Waals surface area contributed by atoms with Crippen molar-refractivity contribution in [2.24, 2.45) is 0 Å². The van der Waals surface area contributed by atoms with Crippen LogP contribution in [0.15, 0.2) is 36.4 Å². The fourth-order valence-corrected chi connectivity index (χ4v) is 1.16. The average Bonchev–Trinajstić information content (AvgIpc) is 2.25. The standard InChI is InChI=1S/C12H14O2/c1-3-4-8-11(13)10-7-5-6-9-12(10)14-2/h4-9H,3H2,1-2H3. The molecule has 14 heavy (non-hydrogen) atoms. The van der Waals surface area contributed by atoms with Crippen molar-refractivity contribution in [2.75, 3.05) is 7.11 Å². The zero-order valence-corrected chi connectivity index (χ0v) is 8.49. The highest BCUT2D eigenvalue weighted by molar-refractivity contribution is 6.06. The summed E-state index contributed by atoms with van der Waals surface area (Å²) in [6.45, 7) is 1.99. The topological polar surface area (TPSA) is 26.3 Å². The maximum absolute atomic E-state index is 11.6. The lowest BCUT2D eigenvalue weighted by atomic mass is 10.1. The van der Waals surface area contributed by atoms with Crippen LogP contribution in [0.4, 0.5) is 0 Å². The fourth-order valence-electron chi connectivity index (χ4n) is 1.16. The number of para-hydroxylation sites is 1. The van der Waals surface area contributed by atoms with E-state index in [-0.39, 0.29) is 5.78 Å². The lowest BCUT2D eigenvalue weighted by molar-refractivity contribution is 0.104. The van der Waals surface area contributed by atoms with Gasteiger partial charge in [-0.05, 0) is 24.6 Å². The van der Waals surface area contributed by atoms with E-state index < -0.39 is 0 Å². The normalized spacial score (nSPS) is 10.4. The Morgan fingerprint density at radius 1 is 1.43 bits per heavy atom. The highest BCUT2D eigenvalue weighted by Crippen LogP contribution is 2.17. The van der Waals surface area contributed by atoms with E-state index in [1.165, 1.54) is 0 Å². The van der Waals surface area contributed by atoms with E-state index >= 15 is 0 Å². The molecular weight excluding hydrogens is 176 g/mol. The quantitative estimate of drug-likeness (QED) is 0.539. The summed E-state index contributed by atoms with van der Waals surface area (Å²) in [7, 11) is 1.57. The first-order valence-corrected chi connectivity index (χ1v) is 4.63. The Labute approximate surface area is 84.2 Å². The fraction of sp³-hybridized carbons (Fsp3) is 0.250. The predicted molar refractivity (Wildman–Crippen MR) is 56.8 cm³/mol. The third kappa shape index (κ3) is 2.46. The Bertz CT molecular complexity index is 340. The van der Waals surface area contributed by atoms with Gasteiger partial charge in [0.15, 0.2) is 5.78 Å². The predicted octanol–water partition coefficient (Wildman–Crippen LogP) is 2.84. The lowest BCUT2D eigenvalue weighted by Crippen LogP contribution is -1.98. The molecule has 0 saturated heterocycles. The van der Waals surface area contributed by atoms with E-state index in [1.807, 2.05) is 25.1 Å². The first-order chi connectivity index (χ1) is 6.79. The van der Waals surface area contributed by atoms with Crippen LogP contribution in [0.5, 0.6) is 5.75 Å². The molecule has 1 rings (SSSR count). The molecule has 2 heteroatoms.